The summed E-state index contributed by atoms with van der Waals surface area (Å²) in [5.74, 6) is 0.574. The molecule has 0 bridgehead atoms. The monoisotopic (exact) mass is 347 g/mol. The fourth-order valence-electron chi connectivity index (χ4n) is 3.64. The van der Waals surface area contributed by atoms with E-state index in [1.54, 1.807) is 0 Å². The van der Waals surface area contributed by atoms with E-state index in [1.807, 2.05) is 76.2 Å². The molecule has 0 aliphatic carbocycles. The Hall–Kier alpha value is -2.94. The third-order valence-electron chi connectivity index (χ3n) is 5.00. The predicted molar refractivity (Wildman–Crippen MR) is 107 cm³/mol. The minimum absolute atomic E-state index is 0.0767. The molecule has 0 saturated carbocycles. The molecule has 0 saturated heterocycles. The number of hydrogen-bond acceptors (Lipinski definition) is 3. The Morgan fingerprint density at radius 1 is 0.692 bits per heavy atom. The predicted octanol–water partition coefficient (Wildman–Crippen LogP) is 5.09. The van der Waals surface area contributed by atoms with Crippen LogP contribution in [0.5, 0.6) is 11.5 Å². The van der Waals surface area contributed by atoms with Crippen LogP contribution in [0.15, 0.2) is 48.5 Å². The number of aryl methyl sites for hydroxylation is 4. The molecule has 0 fully saturated rings. The Kier molecular flexibility index (Phi) is 4.64. The number of rotatable bonds is 3. The molecule has 134 valence electrons. The number of aromatic hydroxyl groups is 2. The lowest BCUT2D eigenvalue weighted by atomic mass is 9.82. The van der Waals surface area contributed by atoms with Crippen molar-refractivity contribution in [2.45, 2.75) is 33.6 Å². The molecule has 0 spiro atoms. The molecule has 3 rings (SSSR count). The Bertz CT molecular complexity index is 872. The second-order valence-electron chi connectivity index (χ2n) is 7.07. The van der Waals surface area contributed by atoms with Crippen molar-refractivity contribution in [1.82, 2.24) is 0 Å². The van der Waals surface area contributed by atoms with Crippen molar-refractivity contribution in [2.24, 2.45) is 0 Å². The molecule has 3 aromatic carbocycles. The Labute approximate surface area is 154 Å². The number of phenols is 2. The average molecular weight is 347 g/mol. The van der Waals surface area contributed by atoms with E-state index in [4.69, 9.17) is 5.73 Å². The summed E-state index contributed by atoms with van der Waals surface area (Å²) in [6, 6.07) is 15.9. The van der Waals surface area contributed by atoms with Crippen molar-refractivity contribution in [2.75, 3.05) is 5.73 Å². The van der Waals surface area contributed by atoms with Gasteiger partial charge in [-0.2, -0.15) is 0 Å². The highest BCUT2D eigenvalue weighted by molar-refractivity contribution is 5.59. The average Bonchev–Trinajstić information content (AvgIpc) is 2.59. The van der Waals surface area contributed by atoms with Crippen LogP contribution in [0.1, 0.15) is 44.9 Å². The van der Waals surface area contributed by atoms with Gasteiger partial charge in [0.05, 0.1) is 0 Å². The van der Waals surface area contributed by atoms with Gasteiger partial charge in [-0.15, -0.1) is 0 Å². The first-order valence-electron chi connectivity index (χ1n) is 8.74. The fraction of sp³-hybridized carbons (Fsp3) is 0.217. The van der Waals surface area contributed by atoms with Gasteiger partial charge in [0, 0.05) is 11.6 Å². The van der Waals surface area contributed by atoms with E-state index >= 15 is 0 Å². The Balaban J connectivity index is 2.30. The van der Waals surface area contributed by atoms with Gasteiger partial charge in [-0.1, -0.05) is 42.5 Å². The van der Waals surface area contributed by atoms with E-state index < -0.39 is 0 Å². The van der Waals surface area contributed by atoms with Crippen LogP contribution in [0.4, 0.5) is 5.69 Å². The van der Waals surface area contributed by atoms with Crippen molar-refractivity contribution < 1.29 is 10.2 Å². The van der Waals surface area contributed by atoms with Gasteiger partial charge < -0.3 is 15.9 Å². The van der Waals surface area contributed by atoms with Crippen LogP contribution in [0.3, 0.4) is 0 Å². The van der Waals surface area contributed by atoms with Gasteiger partial charge in [-0.3, -0.25) is 0 Å². The number of nitrogen functional groups attached to an aromatic ring is 1. The molecule has 0 atom stereocenters. The number of anilines is 1. The van der Waals surface area contributed by atoms with Crippen molar-refractivity contribution in [3.63, 3.8) is 0 Å². The van der Waals surface area contributed by atoms with E-state index in [1.165, 1.54) is 0 Å². The highest BCUT2D eigenvalue weighted by Gasteiger charge is 2.22. The molecule has 0 heterocycles. The van der Waals surface area contributed by atoms with Crippen molar-refractivity contribution in [1.29, 1.82) is 0 Å². The van der Waals surface area contributed by atoms with E-state index in [0.29, 0.717) is 11.5 Å². The molecule has 3 aromatic rings. The summed E-state index contributed by atoms with van der Waals surface area (Å²) >= 11 is 0. The third-order valence-corrected chi connectivity index (χ3v) is 5.00. The van der Waals surface area contributed by atoms with Gasteiger partial charge in [0.15, 0.2) is 0 Å². The van der Waals surface area contributed by atoms with Crippen molar-refractivity contribution >= 4 is 5.69 Å². The summed E-state index contributed by atoms with van der Waals surface area (Å²) in [4.78, 5) is 0. The van der Waals surface area contributed by atoms with E-state index in [-0.39, 0.29) is 5.92 Å². The van der Waals surface area contributed by atoms with E-state index in [2.05, 4.69) is 0 Å². The summed E-state index contributed by atoms with van der Waals surface area (Å²) in [5, 5.41) is 20.4. The van der Waals surface area contributed by atoms with Gasteiger partial charge in [-0.05, 0) is 72.7 Å². The first kappa shape index (κ1) is 17.9. The van der Waals surface area contributed by atoms with Crippen LogP contribution in [0.25, 0.3) is 0 Å². The smallest absolute Gasteiger partial charge is 0.121 e. The van der Waals surface area contributed by atoms with Crippen LogP contribution in [0.2, 0.25) is 0 Å². The zero-order valence-electron chi connectivity index (χ0n) is 15.7. The fourth-order valence-corrected chi connectivity index (χ4v) is 3.64. The second kappa shape index (κ2) is 6.75. The molecule has 0 aliphatic heterocycles. The number of phenolic OH excluding ortho intramolecular Hbond substituents is 2. The number of para-hydroxylation sites is 1. The third kappa shape index (κ3) is 3.13. The number of hydrogen-bond donors (Lipinski definition) is 3. The van der Waals surface area contributed by atoms with Gasteiger partial charge >= 0.3 is 0 Å². The zero-order valence-corrected chi connectivity index (χ0v) is 15.7. The summed E-state index contributed by atoms with van der Waals surface area (Å²) < 4.78 is 0. The minimum Gasteiger partial charge on any atom is -0.507 e. The molecule has 3 nitrogen and oxygen atoms in total. The Morgan fingerprint density at radius 2 is 1.08 bits per heavy atom. The highest BCUT2D eigenvalue weighted by Crippen LogP contribution is 2.39. The molecule has 0 aliphatic rings. The number of benzene rings is 3. The lowest BCUT2D eigenvalue weighted by Gasteiger charge is -2.23. The second-order valence-corrected chi connectivity index (χ2v) is 7.07. The lowest BCUT2D eigenvalue weighted by Crippen LogP contribution is -2.08. The lowest BCUT2D eigenvalue weighted by molar-refractivity contribution is 0.466. The van der Waals surface area contributed by atoms with Crippen molar-refractivity contribution in [3.8, 4) is 11.5 Å². The normalized spacial score (nSPS) is 11.1. The van der Waals surface area contributed by atoms with Gasteiger partial charge in [0.2, 0.25) is 0 Å². The van der Waals surface area contributed by atoms with Gasteiger partial charge in [0.25, 0.3) is 0 Å². The largest absolute Gasteiger partial charge is 0.507 e. The molecule has 0 unspecified atom stereocenters. The summed E-state index contributed by atoms with van der Waals surface area (Å²) in [7, 11) is 0. The summed E-state index contributed by atoms with van der Waals surface area (Å²) in [6.07, 6.45) is 0. The van der Waals surface area contributed by atoms with Gasteiger partial charge in [-0.25, -0.2) is 0 Å². The quantitative estimate of drug-likeness (QED) is 0.456. The molecular weight excluding hydrogens is 322 g/mol. The van der Waals surface area contributed by atoms with E-state index in [0.717, 1.165) is 44.6 Å². The molecular formula is C23H25NO2. The van der Waals surface area contributed by atoms with Gasteiger partial charge in [0.1, 0.15) is 11.5 Å². The Morgan fingerprint density at radius 3 is 1.46 bits per heavy atom. The van der Waals surface area contributed by atoms with E-state index in [9.17, 15) is 10.2 Å². The summed E-state index contributed by atoms with van der Waals surface area (Å²) in [6.45, 7) is 7.63. The summed E-state index contributed by atoms with van der Waals surface area (Å²) in [5.41, 5.74) is 13.5. The van der Waals surface area contributed by atoms with Crippen LogP contribution in [0, 0.1) is 27.7 Å². The molecule has 26 heavy (non-hydrogen) atoms. The molecule has 0 radical (unpaired) electrons. The minimum atomic E-state index is -0.0767. The molecule has 0 amide bonds. The molecule has 4 N–H and O–H groups in total. The van der Waals surface area contributed by atoms with Crippen LogP contribution in [-0.2, 0) is 0 Å². The topological polar surface area (TPSA) is 66.5 Å². The standard InChI is InChI=1S/C23H25NO2/c1-13-9-17(10-14(2)22(13)25)21(19-7-5-6-8-20(19)24)18-11-15(3)23(26)16(4)12-18/h5-12,21,25-26H,24H2,1-4H3. The highest BCUT2D eigenvalue weighted by atomic mass is 16.3. The van der Waals surface area contributed by atoms with Crippen LogP contribution >= 0.6 is 0 Å². The van der Waals surface area contributed by atoms with Crippen LogP contribution in [-0.4, -0.2) is 10.2 Å². The molecule has 0 aromatic heterocycles. The van der Waals surface area contributed by atoms with Crippen molar-refractivity contribution in [3.05, 3.63) is 87.5 Å². The maximum Gasteiger partial charge on any atom is 0.121 e. The maximum absolute atomic E-state index is 10.2. The van der Waals surface area contributed by atoms with Crippen LogP contribution < -0.4 is 5.73 Å². The first-order valence-corrected chi connectivity index (χ1v) is 8.74. The maximum atomic E-state index is 10.2. The first-order chi connectivity index (χ1) is 12.3. The molecule has 3 heteroatoms. The zero-order chi connectivity index (χ0) is 19.0. The SMILES string of the molecule is Cc1cc(C(c2cc(C)c(O)c(C)c2)c2ccccc2N)cc(C)c1O. The number of nitrogens with two attached hydrogens (primary N) is 1.